The smallest absolute Gasteiger partial charge is 0.365 e. The second-order valence-electron chi connectivity index (χ2n) is 11.6. The number of phenolic OH excluding ortho intramolecular Hbond substituents is 1. The van der Waals surface area contributed by atoms with Crippen molar-refractivity contribution in [2.75, 3.05) is 6.54 Å². The van der Waals surface area contributed by atoms with Crippen LogP contribution < -0.4 is 22.1 Å². The zero-order valence-electron chi connectivity index (χ0n) is 26.8. The lowest BCUT2D eigenvalue weighted by Crippen LogP contribution is -2.65. The van der Waals surface area contributed by atoms with Gasteiger partial charge in [0.2, 0.25) is 23.6 Å². The van der Waals surface area contributed by atoms with E-state index in [1.54, 1.807) is 0 Å². The van der Waals surface area contributed by atoms with Crippen molar-refractivity contribution in [3.05, 3.63) is 65.7 Å². The van der Waals surface area contributed by atoms with E-state index < -0.39 is 113 Å². The number of carbonyl (C=O) groups excluding carboxylic acids is 5. The number of alkyl halides is 3. The molecule has 0 aliphatic carbocycles. The van der Waals surface area contributed by atoms with Crippen molar-refractivity contribution in [2.24, 2.45) is 17.4 Å². The highest BCUT2D eigenvalue weighted by Gasteiger charge is 2.70. The molecule has 2 aromatic rings. The number of aliphatic carboxylic acids is 1. The van der Waals surface area contributed by atoms with Gasteiger partial charge in [0.25, 0.3) is 5.91 Å². The van der Waals surface area contributed by atoms with Crippen LogP contribution in [-0.4, -0.2) is 86.4 Å². The van der Waals surface area contributed by atoms with Crippen LogP contribution in [0.25, 0.3) is 0 Å². The number of rotatable bonds is 18. The van der Waals surface area contributed by atoms with Gasteiger partial charge in [-0.25, -0.2) is 9.18 Å². The molecular formula is C31H37F5N6O8. The number of halogens is 5. The molecule has 0 saturated carbocycles. The van der Waals surface area contributed by atoms with Crippen molar-refractivity contribution in [1.82, 2.24) is 20.9 Å². The molecule has 0 radical (unpaired) electrons. The second kappa shape index (κ2) is 17.5. The second-order valence-corrected chi connectivity index (χ2v) is 11.6. The summed E-state index contributed by atoms with van der Waals surface area (Å²) < 4.78 is 74.9. The number of nitrogens with zero attached hydrogens (tertiary/aromatic N) is 2. The summed E-state index contributed by atoms with van der Waals surface area (Å²) in [7, 11) is 0. The molecule has 274 valence electrons. The zero-order valence-corrected chi connectivity index (χ0v) is 26.8. The van der Waals surface area contributed by atoms with Crippen molar-refractivity contribution in [2.45, 2.75) is 69.4 Å². The number of nitrogens with one attached hydrogen (secondary N) is 2. The highest BCUT2D eigenvalue weighted by molar-refractivity contribution is 6.04. The number of amides is 5. The van der Waals surface area contributed by atoms with Gasteiger partial charge in [0.1, 0.15) is 17.8 Å². The van der Waals surface area contributed by atoms with Crippen LogP contribution in [0.5, 0.6) is 5.75 Å². The van der Waals surface area contributed by atoms with Crippen LogP contribution in [0.15, 0.2) is 54.6 Å². The third-order valence-electron chi connectivity index (χ3n) is 7.30. The standard InChI is InChI=1S/C31H37F5N6O8/c1-17(2)14-23(28(48)49)41(29(50)31(34,42(35)36)30(32,33)19-6-4-3-5-7-19)25(45)16-39-27(47)22(12-13-24(38)44)40-26(46)21(37)15-18-8-10-20(43)11-9-18/h3-11,17,21-23,43H,12-16,37H2,1-2H3,(H2,38,44)(H,39,47)(H,40,46)(H,48,49)/t21-,22+,23-,31+/m0/s1. The number of carboxylic acids is 1. The molecule has 0 fully saturated rings. The number of carboxylic acid groups (broad SMARTS) is 1. The Morgan fingerprint density at radius 1 is 0.920 bits per heavy atom. The topological polar surface area (TPSA) is 225 Å². The minimum atomic E-state index is -5.62. The fourth-order valence-corrected chi connectivity index (χ4v) is 4.69. The number of primary amides is 1. The van der Waals surface area contributed by atoms with E-state index >= 15 is 13.2 Å². The largest absolute Gasteiger partial charge is 0.508 e. The minimum Gasteiger partial charge on any atom is -0.508 e. The van der Waals surface area contributed by atoms with Gasteiger partial charge in [-0.15, -0.1) is 0 Å². The van der Waals surface area contributed by atoms with E-state index in [0.29, 0.717) is 17.7 Å². The fourth-order valence-electron chi connectivity index (χ4n) is 4.69. The van der Waals surface area contributed by atoms with E-state index in [-0.39, 0.29) is 12.2 Å². The fraction of sp³-hybridized carbons (Fsp3) is 0.419. The minimum absolute atomic E-state index is 0.0579. The summed E-state index contributed by atoms with van der Waals surface area (Å²) >= 11 is 0. The number of hydrogen-bond acceptors (Lipinski definition) is 9. The maximum Gasteiger partial charge on any atom is 0.365 e. The highest BCUT2D eigenvalue weighted by atomic mass is 19.4. The lowest BCUT2D eigenvalue weighted by Gasteiger charge is -2.37. The average Bonchev–Trinajstić information content (AvgIpc) is 3.05. The van der Waals surface area contributed by atoms with E-state index in [4.69, 9.17) is 11.5 Å². The van der Waals surface area contributed by atoms with Gasteiger partial charge in [-0.2, -0.15) is 8.78 Å². The van der Waals surface area contributed by atoms with Gasteiger partial charge in [0.15, 0.2) is 0 Å². The molecule has 0 aliphatic rings. The number of nitrogens with two attached hydrogens (primary N) is 2. The molecule has 2 aromatic carbocycles. The summed E-state index contributed by atoms with van der Waals surface area (Å²) in [6, 6.07) is 4.29. The quantitative estimate of drug-likeness (QED) is 0.0741. The molecule has 0 saturated heterocycles. The van der Waals surface area contributed by atoms with E-state index in [2.05, 4.69) is 5.32 Å². The molecule has 0 unspecified atom stereocenters. The van der Waals surface area contributed by atoms with Crippen molar-refractivity contribution < 1.29 is 61.1 Å². The van der Waals surface area contributed by atoms with Crippen molar-refractivity contribution in [1.29, 1.82) is 0 Å². The Labute approximate surface area is 282 Å². The molecule has 0 bridgehead atoms. The summed E-state index contributed by atoms with van der Waals surface area (Å²) in [5, 5.41) is 20.6. The lowest BCUT2D eigenvalue weighted by atomic mass is 9.95. The predicted molar refractivity (Wildman–Crippen MR) is 164 cm³/mol. The Kier molecular flexibility index (Phi) is 14.3. The molecule has 14 nitrogen and oxygen atoms in total. The Morgan fingerprint density at radius 2 is 1.50 bits per heavy atom. The zero-order chi connectivity index (χ0) is 38.0. The first kappa shape index (κ1) is 41.0. The van der Waals surface area contributed by atoms with E-state index in [1.807, 2.05) is 5.32 Å². The van der Waals surface area contributed by atoms with Gasteiger partial charge in [0.05, 0.1) is 17.9 Å². The molecule has 0 spiro atoms. The summed E-state index contributed by atoms with van der Waals surface area (Å²) in [6.45, 7) is 1.31. The van der Waals surface area contributed by atoms with Gasteiger partial charge in [-0.05, 0) is 42.9 Å². The van der Waals surface area contributed by atoms with Crippen LogP contribution in [0.1, 0.15) is 44.2 Å². The molecule has 50 heavy (non-hydrogen) atoms. The third kappa shape index (κ3) is 10.2. The van der Waals surface area contributed by atoms with Crippen LogP contribution in [0.3, 0.4) is 0 Å². The Bertz CT molecular complexity index is 1530. The summed E-state index contributed by atoms with van der Waals surface area (Å²) in [5.74, 6) is -21.7. The normalized spacial score (nSPS) is 14.6. The third-order valence-corrected chi connectivity index (χ3v) is 7.30. The van der Waals surface area contributed by atoms with E-state index in [9.17, 15) is 47.9 Å². The molecule has 0 aliphatic heterocycles. The number of imide groups is 1. The van der Waals surface area contributed by atoms with E-state index in [1.165, 1.54) is 44.2 Å². The molecular weight excluding hydrogens is 679 g/mol. The molecule has 8 N–H and O–H groups in total. The average molecular weight is 717 g/mol. The van der Waals surface area contributed by atoms with E-state index in [0.717, 1.165) is 12.1 Å². The number of benzene rings is 2. The van der Waals surface area contributed by atoms with Crippen LogP contribution >= 0.6 is 0 Å². The first-order valence-electron chi connectivity index (χ1n) is 15.0. The number of aromatic hydroxyl groups is 1. The Morgan fingerprint density at radius 3 is 2.00 bits per heavy atom. The maximum atomic E-state index is 15.9. The Hall–Kier alpha value is -5.17. The number of carbonyl (C=O) groups is 6. The van der Waals surface area contributed by atoms with Gasteiger partial charge in [-0.3, -0.25) is 28.9 Å². The molecule has 0 heterocycles. The first-order valence-corrected chi connectivity index (χ1v) is 15.0. The maximum absolute atomic E-state index is 15.9. The van der Waals surface area contributed by atoms with Gasteiger partial charge in [0, 0.05) is 12.0 Å². The number of phenols is 1. The monoisotopic (exact) mass is 716 g/mol. The van der Waals surface area contributed by atoms with Crippen LogP contribution in [0.2, 0.25) is 0 Å². The lowest BCUT2D eigenvalue weighted by molar-refractivity contribution is -0.337. The number of hydrogen-bond donors (Lipinski definition) is 6. The highest BCUT2D eigenvalue weighted by Crippen LogP contribution is 2.46. The molecule has 0 aromatic heterocycles. The molecule has 19 heteroatoms. The van der Waals surface area contributed by atoms with Crippen LogP contribution in [0, 0.1) is 5.92 Å². The van der Waals surface area contributed by atoms with Crippen molar-refractivity contribution in [3.63, 3.8) is 0 Å². The van der Waals surface area contributed by atoms with Crippen molar-refractivity contribution in [3.8, 4) is 5.75 Å². The summed E-state index contributed by atoms with van der Waals surface area (Å²) in [5.41, 5.74) is 10.2. The van der Waals surface area contributed by atoms with Crippen molar-refractivity contribution >= 4 is 35.5 Å². The Balaban J connectivity index is 2.42. The summed E-state index contributed by atoms with van der Waals surface area (Å²) in [6.07, 6.45) is -1.77. The first-order chi connectivity index (χ1) is 23.2. The summed E-state index contributed by atoms with van der Waals surface area (Å²) in [4.78, 5) is 75.6. The molecule has 4 atom stereocenters. The van der Waals surface area contributed by atoms with Gasteiger partial charge >= 0.3 is 17.7 Å². The van der Waals surface area contributed by atoms with Gasteiger partial charge < -0.3 is 32.3 Å². The molecule has 2 rings (SSSR count). The van der Waals surface area contributed by atoms with Crippen LogP contribution in [0.4, 0.5) is 22.1 Å². The van der Waals surface area contributed by atoms with Crippen LogP contribution in [-0.2, 0) is 41.1 Å². The molecule has 5 amide bonds. The SMILES string of the molecule is CC(C)C[C@@H](C(=O)O)N(C(=O)CNC(=O)[C@@H](CCC(N)=O)NC(=O)[C@@H](N)Cc1ccc(O)cc1)C(=O)[C@@](F)(N(F)F)C(F)(F)c1ccccc1. The van der Waals surface area contributed by atoms with Gasteiger partial charge in [-0.1, -0.05) is 65.3 Å². The predicted octanol–water partition coefficient (Wildman–Crippen LogP) is 1.51.